The lowest BCUT2D eigenvalue weighted by Gasteiger charge is -2.10. The molecule has 118 valence electrons. The molecule has 1 aromatic carbocycles. The average molecular weight is 313 g/mol. The number of ether oxygens (including phenoxy) is 1. The first-order valence-corrected chi connectivity index (χ1v) is 7.41. The second kappa shape index (κ2) is 9.64. The Hall–Kier alpha value is -1.26. The SMILES string of the molecule is COc1ccc(CCC(=O)NCC[C@H]2CCCN2)cc1.Cl. The van der Waals surface area contributed by atoms with Crippen LogP contribution < -0.4 is 15.4 Å². The predicted octanol–water partition coefficient (Wildman–Crippen LogP) is 2.31. The minimum absolute atomic E-state index is 0. The van der Waals surface area contributed by atoms with Crippen LogP contribution in [0, 0.1) is 0 Å². The second-order valence-electron chi connectivity index (χ2n) is 5.28. The molecule has 0 unspecified atom stereocenters. The van der Waals surface area contributed by atoms with E-state index in [1.54, 1.807) is 7.11 Å². The molecule has 1 aromatic rings. The number of carbonyl (C=O) groups excluding carboxylic acids is 1. The van der Waals surface area contributed by atoms with Gasteiger partial charge in [0, 0.05) is 19.0 Å². The van der Waals surface area contributed by atoms with Crippen LogP contribution in [-0.4, -0.2) is 32.1 Å². The Bertz CT molecular complexity index is 417. The number of carbonyl (C=O) groups is 1. The van der Waals surface area contributed by atoms with E-state index in [4.69, 9.17) is 4.74 Å². The van der Waals surface area contributed by atoms with Gasteiger partial charge in [-0.15, -0.1) is 12.4 Å². The van der Waals surface area contributed by atoms with Gasteiger partial charge in [0.25, 0.3) is 0 Å². The van der Waals surface area contributed by atoms with Crippen LogP contribution in [0.1, 0.15) is 31.2 Å². The molecule has 21 heavy (non-hydrogen) atoms. The zero-order valence-electron chi connectivity index (χ0n) is 12.6. The van der Waals surface area contributed by atoms with Crippen LogP contribution in [-0.2, 0) is 11.2 Å². The van der Waals surface area contributed by atoms with Crippen molar-refractivity contribution in [1.82, 2.24) is 10.6 Å². The van der Waals surface area contributed by atoms with Crippen LogP contribution in [0.3, 0.4) is 0 Å². The van der Waals surface area contributed by atoms with Gasteiger partial charge in [0.15, 0.2) is 0 Å². The van der Waals surface area contributed by atoms with E-state index in [0.717, 1.165) is 31.7 Å². The summed E-state index contributed by atoms with van der Waals surface area (Å²) >= 11 is 0. The fourth-order valence-corrected chi connectivity index (χ4v) is 2.53. The third-order valence-electron chi connectivity index (χ3n) is 3.78. The van der Waals surface area contributed by atoms with Crippen molar-refractivity contribution >= 4 is 18.3 Å². The van der Waals surface area contributed by atoms with E-state index in [9.17, 15) is 4.79 Å². The van der Waals surface area contributed by atoms with Gasteiger partial charge in [-0.3, -0.25) is 4.79 Å². The Balaban J connectivity index is 0.00000220. The number of methoxy groups -OCH3 is 1. The van der Waals surface area contributed by atoms with Crippen LogP contribution in [0.25, 0.3) is 0 Å². The molecule has 0 radical (unpaired) electrons. The third kappa shape index (κ3) is 6.36. The normalized spacial score (nSPS) is 17.1. The molecule has 2 rings (SSSR count). The number of halogens is 1. The van der Waals surface area contributed by atoms with Crippen LogP contribution in [0.15, 0.2) is 24.3 Å². The van der Waals surface area contributed by atoms with Gasteiger partial charge in [0.2, 0.25) is 5.91 Å². The highest BCUT2D eigenvalue weighted by atomic mass is 35.5. The van der Waals surface area contributed by atoms with Gasteiger partial charge < -0.3 is 15.4 Å². The van der Waals surface area contributed by atoms with Crippen molar-refractivity contribution in [2.75, 3.05) is 20.2 Å². The number of hydrogen-bond acceptors (Lipinski definition) is 3. The van der Waals surface area contributed by atoms with Crippen molar-refractivity contribution in [3.63, 3.8) is 0 Å². The fraction of sp³-hybridized carbons (Fsp3) is 0.562. The van der Waals surface area contributed by atoms with Gasteiger partial charge in [-0.25, -0.2) is 0 Å². The zero-order chi connectivity index (χ0) is 14.2. The van der Waals surface area contributed by atoms with Gasteiger partial charge in [-0.1, -0.05) is 12.1 Å². The van der Waals surface area contributed by atoms with Crippen LogP contribution in [0.5, 0.6) is 5.75 Å². The fourth-order valence-electron chi connectivity index (χ4n) is 2.53. The maximum Gasteiger partial charge on any atom is 0.220 e. The minimum atomic E-state index is 0. The van der Waals surface area contributed by atoms with E-state index in [0.29, 0.717) is 12.5 Å². The molecule has 1 heterocycles. The molecule has 1 aliphatic rings. The topological polar surface area (TPSA) is 50.4 Å². The molecule has 1 aliphatic heterocycles. The standard InChI is InChI=1S/C16H24N2O2.ClH/c1-20-15-7-4-13(5-8-15)6-9-16(19)18-12-10-14-3-2-11-17-14;/h4-5,7-8,14,17H,2-3,6,9-12H2,1H3,(H,18,19);1H/t14-;/m1./s1. The number of amides is 1. The van der Waals surface area contributed by atoms with Crippen LogP contribution in [0.4, 0.5) is 0 Å². The van der Waals surface area contributed by atoms with Gasteiger partial charge in [-0.05, 0) is 49.9 Å². The predicted molar refractivity (Wildman–Crippen MR) is 87.2 cm³/mol. The van der Waals surface area contributed by atoms with Gasteiger partial charge >= 0.3 is 0 Å². The number of rotatable bonds is 7. The largest absolute Gasteiger partial charge is 0.497 e. The summed E-state index contributed by atoms with van der Waals surface area (Å²) in [4.78, 5) is 11.8. The Labute approximate surface area is 133 Å². The van der Waals surface area contributed by atoms with Crippen molar-refractivity contribution in [3.05, 3.63) is 29.8 Å². The molecule has 0 aromatic heterocycles. The molecule has 1 saturated heterocycles. The Morgan fingerprint density at radius 2 is 2.14 bits per heavy atom. The van der Waals surface area contributed by atoms with E-state index in [1.165, 1.54) is 18.4 Å². The molecule has 4 nitrogen and oxygen atoms in total. The molecule has 0 bridgehead atoms. The van der Waals surface area contributed by atoms with Crippen LogP contribution >= 0.6 is 12.4 Å². The van der Waals surface area contributed by atoms with Crippen molar-refractivity contribution in [1.29, 1.82) is 0 Å². The van der Waals surface area contributed by atoms with Gasteiger partial charge in [-0.2, -0.15) is 0 Å². The lowest BCUT2D eigenvalue weighted by molar-refractivity contribution is -0.121. The van der Waals surface area contributed by atoms with Crippen molar-refractivity contribution in [2.45, 2.75) is 38.1 Å². The third-order valence-corrected chi connectivity index (χ3v) is 3.78. The Kier molecular flexibility index (Phi) is 8.16. The highest BCUT2D eigenvalue weighted by Crippen LogP contribution is 2.12. The summed E-state index contributed by atoms with van der Waals surface area (Å²) < 4.78 is 5.11. The summed E-state index contributed by atoms with van der Waals surface area (Å²) in [6.07, 6.45) is 4.86. The second-order valence-corrected chi connectivity index (χ2v) is 5.28. The average Bonchev–Trinajstić information content (AvgIpc) is 2.99. The highest BCUT2D eigenvalue weighted by Gasteiger charge is 2.13. The first-order valence-electron chi connectivity index (χ1n) is 7.41. The van der Waals surface area contributed by atoms with E-state index < -0.39 is 0 Å². The van der Waals surface area contributed by atoms with E-state index in [-0.39, 0.29) is 18.3 Å². The van der Waals surface area contributed by atoms with Crippen molar-refractivity contribution in [2.24, 2.45) is 0 Å². The molecule has 2 N–H and O–H groups in total. The lowest BCUT2D eigenvalue weighted by Crippen LogP contribution is -2.30. The number of hydrogen-bond donors (Lipinski definition) is 2. The Morgan fingerprint density at radius 3 is 2.76 bits per heavy atom. The molecular formula is C16H25ClN2O2. The van der Waals surface area contributed by atoms with Gasteiger partial charge in [0.05, 0.1) is 7.11 Å². The molecule has 0 spiro atoms. The zero-order valence-corrected chi connectivity index (χ0v) is 13.4. The first-order chi connectivity index (χ1) is 9.78. The monoisotopic (exact) mass is 312 g/mol. The summed E-state index contributed by atoms with van der Waals surface area (Å²) in [5.74, 6) is 0.987. The molecule has 1 atom stereocenters. The molecule has 1 fully saturated rings. The number of aryl methyl sites for hydroxylation is 1. The Morgan fingerprint density at radius 1 is 1.38 bits per heavy atom. The first kappa shape index (κ1) is 17.8. The summed E-state index contributed by atoms with van der Waals surface area (Å²) in [6.45, 7) is 1.90. The summed E-state index contributed by atoms with van der Waals surface area (Å²) in [7, 11) is 1.65. The molecule has 1 amide bonds. The summed E-state index contributed by atoms with van der Waals surface area (Å²) in [5, 5.41) is 6.43. The minimum Gasteiger partial charge on any atom is -0.497 e. The van der Waals surface area contributed by atoms with Gasteiger partial charge in [0.1, 0.15) is 5.75 Å². The van der Waals surface area contributed by atoms with E-state index in [2.05, 4.69) is 10.6 Å². The quantitative estimate of drug-likeness (QED) is 0.812. The highest BCUT2D eigenvalue weighted by molar-refractivity contribution is 5.85. The number of benzene rings is 1. The molecular weight excluding hydrogens is 288 g/mol. The lowest BCUT2D eigenvalue weighted by atomic mass is 10.1. The summed E-state index contributed by atoms with van der Waals surface area (Å²) in [6, 6.07) is 8.47. The smallest absolute Gasteiger partial charge is 0.220 e. The van der Waals surface area contributed by atoms with Crippen molar-refractivity contribution in [3.8, 4) is 5.75 Å². The number of nitrogens with one attached hydrogen (secondary N) is 2. The molecule has 5 heteroatoms. The van der Waals surface area contributed by atoms with E-state index >= 15 is 0 Å². The van der Waals surface area contributed by atoms with Crippen molar-refractivity contribution < 1.29 is 9.53 Å². The summed E-state index contributed by atoms with van der Waals surface area (Å²) in [5.41, 5.74) is 1.17. The van der Waals surface area contributed by atoms with Crippen LogP contribution in [0.2, 0.25) is 0 Å². The maximum absolute atomic E-state index is 11.8. The molecule has 0 aliphatic carbocycles. The molecule has 0 saturated carbocycles. The van der Waals surface area contributed by atoms with E-state index in [1.807, 2.05) is 24.3 Å². The maximum atomic E-state index is 11.8.